The lowest BCUT2D eigenvalue weighted by atomic mass is 10.2. The van der Waals surface area contributed by atoms with Crippen molar-refractivity contribution >= 4 is 33.1 Å². The van der Waals surface area contributed by atoms with Crippen molar-refractivity contribution in [2.45, 2.75) is 13.8 Å². The number of anilines is 3. The average molecular weight is 292 g/mol. The molecule has 17 heavy (non-hydrogen) atoms. The van der Waals surface area contributed by atoms with Gasteiger partial charge in [-0.3, -0.25) is 0 Å². The highest BCUT2D eigenvalue weighted by atomic mass is 79.9. The van der Waals surface area contributed by atoms with Gasteiger partial charge in [-0.1, -0.05) is 6.07 Å². The standard InChI is InChI=1S/C13H14BrN3/c1-8-3-4-11(14)12(5-8)17-13-9(2)6-10(15)7-16-13/h3-7H,15H2,1-2H3,(H,16,17). The number of hydrogen-bond donors (Lipinski definition) is 2. The summed E-state index contributed by atoms with van der Waals surface area (Å²) in [6, 6.07) is 8.05. The number of nitrogens with two attached hydrogens (primary N) is 1. The first-order chi connectivity index (χ1) is 8.06. The van der Waals surface area contributed by atoms with Crippen molar-refractivity contribution in [3.8, 4) is 0 Å². The smallest absolute Gasteiger partial charge is 0.133 e. The number of nitrogen functional groups attached to an aromatic ring is 1. The summed E-state index contributed by atoms with van der Waals surface area (Å²) in [5.41, 5.74) is 9.58. The highest BCUT2D eigenvalue weighted by Crippen LogP contribution is 2.27. The summed E-state index contributed by atoms with van der Waals surface area (Å²) in [7, 11) is 0. The molecule has 4 heteroatoms. The maximum Gasteiger partial charge on any atom is 0.133 e. The van der Waals surface area contributed by atoms with Crippen LogP contribution in [0.4, 0.5) is 17.2 Å². The summed E-state index contributed by atoms with van der Waals surface area (Å²) in [6.45, 7) is 4.04. The van der Waals surface area contributed by atoms with Crippen molar-refractivity contribution in [3.63, 3.8) is 0 Å². The van der Waals surface area contributed by atoms with Crippen LogP contribution < -0.4 is 11.1 Å². The topological polar surface area (TPSA) is 50.9 Å². The lowest BCUT2D eigenvalue weighted by molar-refractivity contribution is 1.25. The van der Waals surface area contributed by atoms with Crippen LogP contribution in [0, 0.1) is 13.8 Å². The van der Waals surface area contributed by atoms with Gasteiger partial charge in [-0.05, 0) is 59.1 Å². The molecule has 1 aromatic heterocycles. The number of rotatable bonds is 2. The van der Waals surface area contributed by atoms with Gasteiger partial charge in [0.25, 0.3) is 0 Å². The van der Waals surface area contributed by atoms with Gasteiger partial charge in [-0.25, -0.2) is 4.98 Å². The Morgan fingerprint density at radius 3 is 2.71 bits per heavy atom. The molecule has 1 heterocycles. The minimum absolute atomic E-state index is 0.677. The van der Waals surface area contributed by atoms with Crippen LogP contribution in [0.2, 0.25) is 0 Å². The molecule has 0 aliphatic heterocycles. The monoisotopic (exact) mass is 291 g/mol. The maximum absolute atomic E-state index is 5.68. The second-order valence-electron chi connectivity index (χ2n) is 4.04. The Morgan fingerprint density at radius 2 is 2.00 bits per heavy atom. The molecule has 0 amide bonds. The second kappa shape index (κ2) is 4.75. The third-order valence-corrected chi connectivity index (χ3v) is 3.17. The number of aromatic nitrogens is 1. The molecule has 0 bridgehead atoms. The second-order valence-corrected chi connectivity index (χ2v) is 4.90. The summed E-state index contributed by atoms with van der Waals surface area (Å²) in [6.07, 6.45) is 1.65. The minimum Gasteiger partial charge on any atom is -0.397 e. The summed E-state index contributed by atoms with van der Waals surface area (Å²) in [5.74, 6) is 0.825. The number of pyridine rings is 1. The minimum atomic E-state index is 0.677. The zero-order chi connectivity index (χ0) is 12.4. The van der Waals surface area contributed by atoms with Crippen molar-refractivity contribution < 1.29 is 0 Å². The van der Waals surface area contributed by atoms with Crippen LogP contribution in [-0.2, 0) is 0 Å². The van der Waals surface area contributed by atoms with Crippen LogP contribution in [0.3, 0.4) is 0 Å². The van der Waals surface area contributed by atoms with E-state index < -0.39 is 0 Å². The predicted octanol–water partition coefficient (Wildman–Crippen LogP) is 3.79. The van der Waals surface area contributed by atoms with E-state index in [1.165, 1.54) is 5.56 Å². The van der Waals surface area contributed by atoms with Crippen molar-refractivity contribution in [2.24, 2.45) is 0 Å². The third-order valence-electron chi connectivity index (χ3n) is 2.47. The van der Waals surface area contributed by atoms with Gasteiger partial charge in [0, 0.05) is 4.47 Å². The van der Waals surface area contributed by atoms with Crippen molar-refractivity contribution in [1.29, 1.82) is 0 Å². The fourth-order valence-electron chi connectivity index (χ4n) is 1.59. The molecule has 3 N–H and O–H groups in total. The summed E-state index contributed by atoms with van der Waals surface area (Å²) in [4.78, 5) is 4.29. The molecule has 0 saturated heterocycles. The summed E-state index contributed by atoms with van der Waals surface area (Å²) < 4.78 is 1.01. The normalized spacial score (nSPS) is 10.3. The van der Waals surface area contributed by atoms with E-state index in [2.05, 4.69) is 45.3 Å². The number of halogens is 1. The molecule has 0 aliphatic carbocycles. The molecule has 88 valence electrons. The van der Waals surface area contributed by atoms with Crippen LogP contribution in [-0.4, -0.2) is 4.98 Å². The van der Waals surface area contributed by atoms with Gasteiger partial charge in [-0.15, -0.1) is 0 Å². The Bertz CT molecular complexity index is 552. The SMILES string of the molecule is Cc1ccc(Br)c(Nc2ncc(N)cc2C)c1. The molecule has 0 spiro atoms. The van der Waals surface area contributed by atoms with Gasteiger partial charge in [0.15, 0.2) is 0 Å². The molecular formula is C13H14BrN3. The van der Waals surface area contributed by atoms with E-state index in [1.807, 2.05) is 19.1 Å². The number of nitrogens with one attached hydrogen (secondary N) is 1. The van der Waals surface area contributed by atoms with Crippen molar-refractivity contribution in [3.05, 3.63) is 46.1 Å². The lowest BCUT2D eigenvalue weighted by Gasteiger charge is -2.11. The highest BCUT2D eigenvalue weighted by Gasteiger charge is 2.04. The number of benzene rings is 1. The largest absolute Gasteiger partial charge is 0.397 e. The molecular weight excluding hydrogens is 278 g/mol. The Kier molecular flexibility index (Phi) is 3.33. The zero-order valence-corrected chi connectivity index (χ0v) is 11.4. The molecule has 0 saturated carbocycles. The van der Waals surface area contributed by atoms with Gasteiger partial charge >= 0.3 is 0 Å². The Morgan fingerprint density at radius 1 is 1.24 bits per heavy atom. The number of hydrogen-bond acceptors (Lipinski definition) is 3. The Hall–Kier alpha value is -1.55. The van der Waals surface area contributed by atoms with Crippen LogP contribution in [0.25, 0.3) is 0 Å². The number of aryl methyl sites for hydroxylation is 2. The van der Waals surface area contributed by atoms with Crippen LogP contribution in [0.1, 0.15) is 11.1 Å². The number of nitrogens with zero attached hydrogens (tertiary/aromatic N) is 1. The predicted molar refractivity (Wildman–Crippen MR) is 75.5 cm³/mol. The quantitative estimate of drug-likeness (QED) is 0.885. The van der Waals surface area contributed by atoms with E-state index in [0.29, 0.717) is 5.69 Å². The van der Waals surface area contributed by atoms with E-state index in [9.17, 15) is 0 Å². The Balaban J connectivity index is 2.34. The molecule has 0 fully saturated rings. The fraction of sp³-hybridized carbons (Fsp3) is 0.154. The van der Waals surface area contributed by atoms with Gasteiger partial charge in [-0.2, -0.15) is 0 Å². The average Bonchev–Trinajstić information content (AvgIpc) is 2.27. The van der Waals surface area contributed by atoms with E-state index in [1.54, 1.807) is 6.20 Å². The molecule has 0 unspecified atom stereocenters. The molecule has 2 aromatic rings. The van der Waals surface area contributed by atoms with E-state index in [0.717, 1.165) is 21.5 Å². The summed E-state index contributed by atoms with van der Waals surface area (Å²) >= 11 is 3.51. The first kappa shape index (κ1) is 11.9. The van der Waals surface area contributed by atoms with Crippen molar-refractivity contribution in [2.75, 3.05) is 11.1 Å². The van der Waals surface area contributed by atoms with Gasteiger partial charge in [0.05, 0.1) is 17.6 Å². The van der Waals surface area contributed by atoms with E-state index >= 15 is 0 Å². The summed E-state index contributed by atoms with van der Waals surface area (Å²) in [5, 5.41) is 3.29. The first-order valence-corrected chi connectivity index (χ1v) is 6.11. The van der Waals surface area contributed by atoms with Gasteiger partial charge in [0.1, 0.15) is 5.82 Å². The molecule has 1 aromatic carbocycles. The molecule has 0 aliphatic rings. The maximum atomic E-state index is 5.68. The molecule has 2 rings (SSSR count). The molecule has 3 nitrogen and oxygen atoms in total. The van der Waals surface area contributed by atoms with Crippen LogP contribution in [0.5, 0.6) is 0 Å². The Labute approximate surface area is 109 Å². The van der Waals surface area contributed by atoms with E-state index in [-0.39, 0.29) is 0 Å². The zero-order valence-electron chi connectivity index (χ0n) is 9.79. The molecule has 0 atom stereocenters. The fourth-order valence-corrected chi connectivity index (χ4v) is 1.94. The van der Waals surface area contributed by atoms with Crippen LogP contribution >= 0.6 is 15.9 Å². The molecule has 0 radical (unpaired) electrons. The lowest BCUT2D eigenvalue weighted by Crippen LogP contribution is -1.99. The third kappa shape index (κ3) is 2.77. The van der Waals surface area contributed by atoms with E-state index in [4.69, 9.17) is 5.73 Å². The van der Waals surface area contributed by atoms with Crippen molar-refractivity contribution in [1.82, 2.24) is 4.98 Å². The van der Waals surface area contributed by atoms with Gasteiger partial charge < -0.3 is 11.1 Å². The van der Waals surface area contributed by atoms with Crippen LogP contribution in [0.15, 0.2) is 34.9 Å². The first-order valence-electron chi connectivity index (χ1n) is 5.31. The van der Waals surface area contributed by atoms with Gasteiger partial charge in [0.2, 0.25) is 0 Å². The highest BCUT2D eigenvalue weighted by molar-refractivity contribution is 9.10.